The number of H-pyrrole nitrogens is 1. The Balaban J connectivity index is 0.000000138. The third-order valence-corrected chi connectivity index (χ3v) is 12.5. The number of halogens is 1. The molecular formula is C52H39ClN10O3S2. The minimum atomic E-state index is -0.187. The number of rotatable bonds is 9. The molecule has 334 valence electrons. The Morgan fingerprint density at radius 2 is 1.13 bits per heavy atom. The van der Waals surface area contributed by atoms with Gasteiger partial charge in [0.2, 0.25) is 9.60 Å². The van der Waals surface area contributed by atoms with Gasteiger partial charge in [0, 0.05) is 44.4 Å². The molecule has 4 N–H and O–H groups in total. The highest BCUT2D eigenvalue weighted by molar-refractivity contribution is 7.18. The average molecular weight is 952 g/mol. The van der Waals surface area contributed by atoms with E-state index in [1.54, 1.807) is 13.2 Å². The lowest BCUT2D eigenvalue weighted by Gasteiger charge is -2.12. The molecule has 13 nitrogen and oxygen atoms in total. The summed E-state index contributed by atoms with van der Waals surface area (Å²) >= 11 is 8.54. The van der Waals surface area contributed by atoms with Gasteiger partial charge in [-0.05, 0) is 65.7 Å². The van der Waals surface area contributed by atoms with Gasteiger partial charge in [0.05, 0.1) is 35.8 Å². The fraction of sp³-hybridized carbons (Fsp3) is 0.0385. The number of nitrogens with one attached hydrogen (secondary N) is 2. The predicted molar refractivity (Wildman–Crippen MR) is 275 cm³/mol. The second-order valence-electron chi connectivity index (χ2n) is 15.0. The maximum Gasteiger partial charge on any atom is 0.274 e. The van der Waals surface area contributed by atoms with Crippen molar-refractivity contribution in [2.75, 3.05) is 18.2 Å². The van der Waals surface area contributed by atoms with E-state index in [4.69, 9.17) is 22.1 Å². The summed E-state index contributed by atoms with van der Waals surface area (Å²) in [6.45, 7) is 0.385. The van der Waals surface area contributed by atoms with Crippen LogP contribution in [0.2, 0.25) is 4.47 Å². The monoisotopic (exact) mass is 950 g/mol. The van der Waals surface area contributed by atoms with E-state index in [1.807, 2.05) is 176 Å². The molecule has 0 aliphatic heterocycles. The standard InChI is InChI=1S/C22H15N5OS.C22H19N3O2.C8H5ClN2S/c28-20-18-9-5-4-8-17(18)19(24-25-20)14-10-12-16(13-11-14)23-22-27-26-21(29-22)15-6-2-1-3-7-15;1-27-18-12-6-15(7-13-18)14-25-22(26)20-5-3-2-4-19(20)21(24-25)16-8-10-17(23)11-9-16;9-8-11-10-7(12-8)6-4-2-1-3-5-6/h1-13H,(H,23,27)(H,25,28);2-13H,14,23H2,1H3;1-5H. The molecule has 0 radical (unpaired) electrons. The number of nitrogens with zero attached hydrogens (tertiary/aromatic N) is 7. The zero-order chi connectivity index (χ0) is 46.8. The number of anilines is 3. The largest absolute Gasteiger partial charge is 0.497 e. The SMILES string of the molecule is COc1ccc(Cn2nc(-c3ccc(N)cc3)c3ccccc3c2=O)cc1.Clc1nnc(-c2ccccc2)s1.O=c1[nH]nc(-c2ccc(Nc3nnc(-c4ccccc4)s3)cc2)c2ccccc12. The molecule has 0 aliphatic carbocycles. The number of ether oxygens (including phenoxy) is 1. The Morgan fingerprint density at radius 3 is 1.75 bits per heavy atom. The zero-order valence-corrected chi connectivity index (χ0v) is 38.5. The Bertz CT molecular complexity index is 3570. The molecule has 0 saturated heterocycles. The molecular weight excluding hydrogens is 912 g/mol. The average Bonchev–Trinajstić information content (AvgIpc) is 4.06. The Morgan fingerprint density at radius 1 is 0.588 bits per heavy atom. The second kappa shape index (κ2) is 20.9. The smallest absolute Gasteiger partial charge is 0.274 e. The van der Waals surface area contributed by atoms with Crippen molar-refractivity contribution in [2.45, 2.75) is 6.54 Å². The molecule has 7 aromatic carbocycles. The van der Waals surface area contributed by atoms with Gasteiger partial charge in [-0.1, -0.05) is 156 Å². The van der Waals surface area contributed by atoms with Crippen molar-refractivity contribution in [1.82, 2.24) is 40.4 Å². The second-order valence-corrected chi connectivity index (χ2v) is 17.5. The molecule has 0 bridgehead atoms. The summed E-state index contributed by atoms with van der Waals surface area (Å²) in [6, 6.07) is 57.8. The quantitative estimate of drug-likeness (QED) is 0.117. The predicted octanol–water partition coefficient (Wildman–Crippen LogP) is 11.4. The molecule has 0 atom stereocenters. The van der Waals surface area contributed by atoms with Crippen molar-refractivity contribution in [3.05, 3.63) is 213 Å². The lowest BCUT2D eigenvalue weighted by Crippen LogP contribution is -2.24. The van der Waals surface area contributed by atoms with E-state index in [1.165, 1.54) is 27.4 Å². The van der Waals surface area contributed by atoms with Gasteiger partial charge in [-0.25, -0.2) is 9.78 Å². The molecule has 0 spiro atoms. The van der Waals surface area contributed by atoms with E-state index in [2.05, 4.69) is 41.0 Å². The van der Waals surface area contributed by atoms with Crippen LogP contribution in [-0.2, 0) is 6.54 Å². The number of aromatic amines is 1. The summed E-state index contributed by atoms with van der Waals surface area (Å²) in [7, 11) is 1.63. The van der Waals surface area contributed by atoms with Crippen LogP contribution in [0.15, 0.2) is 192 Å². The third-order valence-electron chi connectivity index (χ3n) is 10.5. The summed E-state index contributed by atoms with van der Waals surface area (Å²) in [6.07, 6.45) is 0. The van der Waals surface area contributed by atoms with Gasteiger partial charge >= 0.3 is 0 Å². The molecule has 68 heavy (non-hydrogen) atoms. The highest BCUT2D eigenvalue weighted by Gasteiger charge is 2.14. The number of nitrogen functional groups attached to an aromatic ring is 1. The van der Waals surface area contributed by atoms with Crippen LogP contribution in [0, 0.1) is 0 Å². The van der Waals surface area contributed by atoms with Crippen LogP contribution in [-0.4, -0.2) is 47.5 Å². The highest BCUT2D eigenvalue weighted by Crippen LogP contribution is 2.31. The van der Waals surface area contributed by atoms with Crippen LogP contribution in [0.3, 0.4) is 0 Å². The zero-order valence-electron chi connectivity index (χ0n) is 36.2. The number of aromatic nitrogens is 8. The Hall–Kier alpha value is -8.37. The van der Waals surface area contributed by atoms with Crippen molar-refractivity contribution >= 4 is 72.3 Å². The Kier molecular flexibility index (Phi) is 13.7. The highest BCUT2D eigenvalue weighted by atomic mass is 35.5. The first-order valence-electron chi connectivity index (χ1n) is 21.1. The van der Waals surface area contributed by atoms with Crippen LogP contribution in [0.5, 0.6) is 5.75 Å². The molecule has 11 aromatic rings. The summed E-state index contributed by atoms with van der Waals surface area (Å²) < 4.78 is 7.18. The molecule has 0 fully saturated rings. The van der Waals surface area contributed by atoms with Gasteiger partial charge in [-0.15, -0.1) is 20.4 Å². The fourth-order valence-electron chi connectivity index (χ4n) is 7.14. The fourth-order valence-corrected chi connectivity index (χ4v) is 8.75. The lowest BCUT2D eigenvalue weighted by molar-refractivity contribution is 0.414. The molecule has 4 aromatic heterocycles. The minimum Gasteiger partial charge on any atom is -0.497 e. The van der Waals surface area contributed by atoms with Crippen molar-refractivity contribution < 1.29 is 4.74 Å². The molecule has 0 saturated carbocycles. The van der Waals surface area contributed by atoms with Crippen molar-refractivity contribution in [3.8, 4) is 49.4 Å². The molecule has 4 heterocycles. The van der Waals surface area contributed by atoms with Crippen LogP contribution < -0.4 is 26.9 Å². The topological polar surface area (TPSA) is 179 Å². The molecule has 0 aliphatic rings. The third kappa shape index (κ3) is 10.5. The molecule has 0 unspecified atom stereocenters. The van der Waals surface area contributed by atoms with Crippen LogP contribution in [0.25, 0.3) is 65.2 Å². The van der Waals surface area contributed by atoms with Gasteiger partial charge in [0.15, 0.2) is 0 Å². The first-order valence-corrected chi connectivity index (χ1v) is 23.1. The number of nitrogens with two attached hydrogens (primary N) is 1. The van der Waals surface area contributed by atoms with E-state index < -0.39 is 0 Å². The summed E-state index contributed by atoms with van der Waals surface area (Å²) in [5, 5.41) is 36.3. The van der Waals surface area contributed by atoms with Gasteiger partial charge in [0.1, 0.15) is 15.8 Å². The lowest BCUT2D eigenvalue weighted by atomic mass is 10.0. The molecule has 11 rings (SSSR count). The maximum absolute atomic E-state index is 12.9. The minimum absolute atomic E-state index is 0.111. The van der Waals surface area contributed by atoms with Crippen molar-refractivity contribution in [2.24, 2.45) is 0 Å². The van der Waals surface area contributed by atoms with Gasteiger partial charge in [0.25, 0.3) is 11.1 Å². The summed E-state index contributed by atoms with van der Waals surface area (Å²) in [5.41, 5.74) is 13.5. The maximum atomic E-state index is 12.9. The van der Waals surface area contributed by atoms with Crippen LogP contribution >= 0.6 is 34.3 Å². The van der Waals surface area contributed by atoms with Gasteiger partial charge in [-0.3, -0.25) is 9.59 Å². The first-order chi connectivity index (χ1) is 33.3. The summed E-state index contributed by atoms with van der Waals surface area (Å²) in [5.74, 6) is 0.778. The number of benzene rings is 7. The van der Waals surface area contributed by atoms with Crippen molar-refractivity contribution in [1.29, 1.82) is 0 Å². The van der Waals surface area contributed by atoms with E-state index >= 15 is 0 Å². The molecule has 16 heteroatoms. The number of fused-ring (bicyclic) bond motifs is 2. The summed E-state index contributed by atoms with van der Waals surface area (Å²) in [4.78, 5) is 24.9. The number of methoxy groups -OCH3 is 1. The number of hydrogen-bond donors (Lipinski definition) is 3. The van der Waals surface area contributed by atoms with Crippen LogP contribution in [0.1, 0.15) is 5.56 Å². The van der Waals surface area contributed by atoms with Crippen LogP contribution in [0.4, 0.5) is 16.5 Å². The van der Waals surface area contributed by atoms with Crippen molar-refractivity contribution in [3.63, 3.8) is 0 Å². The van der Waals surface area contributed by atoms with E-state index in [0.717, 1.165) is 76.6 Å². The van der Waals surface area contributed by atoms with E-state index in [-0.39, 0.29) is 11.1 Å². The molecule has 0 amide bonds. The first kappa shape index (κ1) is 44.8. The van der Waals surface area contributed by atoms with Gasteiger partial charge in [-0.2, -0.15) is 10.2 Å². The van der Waals surface area contributed by atoms with Gasteiger partial charge < -0.3 is 15.8 Å². The van der Waals surface area contributed by atoms with E-state index in [0.29, 0.717) is 27.5 Å². The van der Waals surface area contributed by atoms with E-state index in [9.17, 15) is 9.59 Å². The normalized spacial score (nSPS) is 10.7. The Labute approximate surface area is 402 Å². The number of hydrogen-bond acceptors (Lipinski definition) is 13.